The number of carbonyl (C=O) groups is 1. The van der Waals surface area contributed by atoms with Crippen molar-refractivity contribution >= 4 is 46.6 Å². The highest BCUT2D eigenvalue weighted by molar-refractivity contribution is 7.07. The van der Waals surface area contributed by atoms with Crippen molar-refractivity contribution < 1.29 is 23.4 Å². The van der Waals surface area contributed by atoms with Crippen LogP contribution in [0.15, 0.2) is 74.0 Å². The number of carbonyl (C=O) groups excluding carboxylic acids is 1. The quantitative estimate of drug-likeness (QED) is 0.265. The molecule has 206 valence electrons. The Kier molecular flexibility index (Phi) is 7.89. The average molecular weight is 599 g/mol. The van der Waals surface area contributed by atoms with E-state index in [2.05, 4.69) is 4.99 Å². The first-order valence-corrected chi connectivity index (χ1v) is 13.8. The summed E-state index contributed by atoms with van der Waals surface area (Å²) in [6.07, 6.45) is 1.63. The maximum Gasteiger partial charge on any atom is 0.338 e. The van der Waals surface area contributed by atoms with Gasteiger partial charge in [0.05, 0.1) is 46.7 Å². The summed E-state index contributed by atoms with van der Waals surface area (Å²) in [5.41, 5.74) is 1.52. The van der Waals surface area contributed by atoms with Crippen LogP contribution in [-0.4, -0.2) is 31.4 Å². The Bertz CT molecular complexity index is 1840. The van der Waals surface area contributed by atoms with Crippen molar-refractivity contribution in [2.24, 2.45) is 4.99 Å². The molecular formula is C29H24Cl2N2O6S. The van der Waals surface area contributed by atoms with Crippen LogP contribution in [0.2, 0.25) is 10.0 Å². The van der Waals surface area contributed by atoms with E-state index in [0.29, 0.717) is 59.2 Å². The Hall–Kier alpha value is -3.79. The number of thiazole rings is 1. The Labute approximate surface area is 243 Å². The zero-order valence-electron chi connectivity index (χ0n) is 22.0. The van der Waals surface area contributed by atoms with E-state index in [0.717, 1.165) is 0 Å². The molecule has 1 aliphatic rings. The van der Waals surface area contributed by atoms with Gasteiger partial charge in [-0.05, 0) is 56.3 Å². The summed E-state index contributed by atoms with van der Waals surface area (Å²) in [5, 5.41) is 0.782. The molecule has 8 nitrogen and oxygen atoms in total. The molecule has 0 saturated carbocycles. The van der Waals surface area contributed by atoms with Crippen LogP contribution in [0.1, 0.15) is 31.2 Å². The third kappa shape index (κ3) is 4.96. The van der Waals surface area contributed by atoms with Crippen molar-refractivity contribution in [1.29, 1.82) is 0 Å². The van der Waals surface area contributed by atoms with E-state index in [1.54, 1.807) is 75.6 Å². The van der Waals surface area contributed by atoms with Crippen LogP contribution >= 0.6 is 34.5 Å². The van der Waals surface area contributed by atoms with E-state index in [9.17, 15) is 9.59 Å². The van der Waals surface area contributed by atoms with Crippen molar-refractivity contribution in [3.63, 3.8) is 0 Å². The monoisotopic (exact) mass is 598 g/mol. The molecule has 0 radical (unpaired) electrons. The maximum atomic E-state index is 13.9. The number of halogens is 2. The second-order valence-corrected chi connectivity index (χ2v) is 10.5. The minimum Gasteiger partial charge on any atom is -0.497 e. The van der Waals surface area contributed by atoms with Crippen molar-refractivity contribution in [2.75, 3.05) is 20.8 Å². The van der Waals surface area contributed by atoms with Crippen molar-refractivity contribution in [1.82, 2.24) is 4.57 Å². The number of nitrogens with zero attached hydrogens (tertiary/aromatic N) is 2. The van der Waals surface area contributed by atoms with Crippen molar-refractivity contribution in [3.8, 4) is 22.8 Å². The molecular weight excluding hydrogens is 575 g/mol. The number of hydrogen-bond donors (Lipinski definition) is 0. The van der Waals surface area contributed by atoms with E-state index in [-0.39, 0.29) is 17.7 Å². The zero-order chi connectivity index (χ0) is 28.6. The smallest absolute Gasteiger partial charge is 0.338 e. The van der Waals surface area contributed by atoms with E-state index in [4.69, 9.17) is 41.8 Å². The second-order valence-electron chi connectivity index (χ2n) is 8.71. The molecule has 0 spiro atoms. The van der Waals surface area contributed by atoms with Crippen molar-refractivity contribution in [2.45, 2.75) is 19.9 Å². The summed E-state index contributed by atoms with van der Waals surface area (Å²) in [6.45, 7) is 3.61. The highest BCUT2D eigenvalue weighted by Crippen LogP contribution is 2.38. The van der Waals surface area contributed by atoms with Crippen LogP contribution < -0.4 is 24.4 Å². The molecule has 0 N–H and O–H groups in total. The number of fused-ring (bicyclic) bond motifs is 1. The van der Waals surface area contributed by atoms with Crippen LogP contribution in [-0.2, 0) is 9.53 Å². The number of methoxy groups -OCH3 is 2. The molecule has 5 rings (SSSR count). The number of esters is 1. The number of allylic oxidation sites excluding steroid dienone is 1. The summed E-state index contributed by atoms with van der Waals surface area (Å²) in [7, 11) is 3.06. The Morgan fingerprint density at radius 1 is 1.15 bits per heavy atom. The van der Waals surface area contributed by atoms with Gasteiger partial charge in [0.25, 0.3) is 5.56 Å². The van der Waals surface area contributed by atoms with E-state index in [1.807, 2.05) is 0 Å². The highest BCUT2D eigenvalue weighted by Gasteiger charge is 2.35. The average Bonchev–Trinajstić information content (AvgIpc) is 3.53. The number of benzene rings is 2. The minimum atomic E-state index is -0.861. The third-order valence-corrected chi connectivity index (χ3v) is 8.17. The van der Waals surface area contributed by atoms with Gasteiger partial charge in [0.1, 0.15) is 29.1 Å². The molecule has 0 aliphatic carbocycles. The molecule has 0 amide bonds. The van der Waals surface area contributed by atoms with Gasteiger partial charge in [0, 0.05) is 17.2 Å². The predicted octanol–water partition coefficient (Wildman–Crippen LogP) is 5.38. The lowest BCUT2D eigenvalue weighted by molar-refractivity contribution is -0.139. The highest BCUT2D eigenvalue weighted by atomic mass is 35.5. The molecule has 2 aromatic heterocycles. The Morgan fingerprint density at radius 3 is 2.67 bits per heavy atom. The summed E-state index contributed by atoms with van der Waals surface area (Å²) in [6, 6.07) is 13.1. The fraction of sp³-hybridized carbons (Fsp3) is 0.207. The van der Waals surface area contributed by atoms with Gasteiger partial charge in [-0.25, -0.2) is 9.79 Å². The van der Waals surface area contributed by atoms with Gasteiger partial charge in [0.2, 0.25) is 0 Å². The Morgan fingerprint density at radius 2 is 1.95 bits per heavy atom. The first kappa shape index (κ1) is 27.8. The molecule has 2 aromatic carbocycles. The standard InChI is InChI=1S/C29H24Cl2N2O6S/c1-5-38-28(35)24-15(2)32-29-33(26(24)19-13-16(36-3)9-11-21(19)37-4)27(34)23(40-29)14-17-10-12-22(39-17)18-7-6-8-20(30)25(18)31/h6-14,26H,5H2,1-4H3/b23-14-/t26-/m1/s1. The SMILES string of the molecule is CCOC(=O)C1=C(C)N=c2s/c(=C\c3ccc(-c4cccc(Cl)c4Cl)o3)c(=O)n2[C@@H]1c1cc(OC)ccc1OC. The van der Waals surface area contributed by atoms with Crippen LogP contribution in [0.3, 0.4) is 0 Å². The molecule has 1 aliphatic heterocycles. The van der Waals surface area contributed by atoms with Gasteiger partial charge in [-0.15, -0.1) is 0 Å². The molecule has 0 bridgehead atoms. The lowest BCUT2D eigenvalue weighted by atomic mass is 9.95. The minimum absolute atomic E-state index is 0.166. The van der Waals surface area contributed by atoms with Crippen LogP contribution in [0.5, 0.6) is 11.5 Å². The lowest BCUT2D eigenvalue weighted by Gasteiger charge is -2.26. The first-order chi connectivity index (χ1) is 19.3. The lowest BCUT2D eigenvalue weighted by Crippen LogP contribution is -2.40. The van der Waals surface area contributed by atoms with E-state index >= 15 is 0 Å². The van der Waals surface area contributed by atoms with Gasteiger partial charge in [-0.1, -0.05) is 40.6 Å². The predicted molar refractivity (Wildman–Crippen MR) is 154 cm³/mol. The molecule has 4 aromatic rings. The van der Waals surface area contributed by atoms with Crippen LogP contribution in [0, 0.1) is 0 Å². The van der Waals surface area contributed by atoms with Crippen LogP contribution in [0.25, 0.3) is 17.4 Å². The Balaban J connectivity index is 1.69. The van der Waals surface area contributed by atoms with E-state index < -0.39 is 12.0 Å². The molecule has 0 fully saturated rings. The van der Waals surface area contributed by atoms with Gasteiger partial charge < -0.3 is 18.6 Å². The number of ether oxygens (including phenoxy) is 3. The number of rotatable bonds is 7. The third-order valence-electron chi connectivity index (χ3n) is 6.37. The molecule has 40 heavy (non-hydrogen) atoms. The van der Waals surface area contributed by atoms with Gasteiger partial charge in [-0.2, -0.15) is 0 Å². The summed E-state index contributed by atoms with van der Waals surface area (Å²) in [4.78, 5) is 32.1. The second kappa shape index (κ2) is 11.4. The molecule has 0 saturated heterocycles. The molecule has 0 unspecified atom stereocenters. The van der Waals surface area contributed by atoms with Crippen molar-refractivity contribution in [3.05, 3.63) is 101 Å². The number of furan rings is 1. The summed E-state index contributed by atoms with van der Waals surface area (Å²) < 4.78 is 24.3. The number of hydrogen-bond acceptors (Lipinski definition) is 8. The van der Waals surface area contributed by atoms with Gasteiger partial charge in [0.15, 0.2) is 4.80 Å². The molecule has 3 heterocycles. The van der Waals surface area contributed by atoms with Crippen LogP contribution in [0.4, 0.5) is 0 Å². The van der Waals surface area contributed by atoms with E-state index in [1.165, 1.54) is 23.0 Å². The summed E-state index contributed by atoms with van der Waals surface area (Å²) >= 11 is 13.7. The molecule has 1 atom stereocenters. The van der Waals surface area contributed by atoms with Gasteiger partial charge in [-0.3, -0.25) is 9.36 Å². The zero-order valence-corrected chi connectivity index (χ0v) is 24.3. The normalized spacial score (nSPS) is 15.1. The first-order valence-electron chi connectivity index (χ1n) is 12.2. The largest absolute Gasteiger partial charge is 0.497 e. The number of aromatic nitrogens is 1. The topological polar surface area (TPSA) is 92.3 Å². The fourth-order valence-electron chi connectivity index (χ4n) is 4.54. The maximum absolute atomic E-state index is 13.9. The fourth-order valence-corrected chi connectivity index (χ4v) is 5.96. The molecule has 11 heteroatoms. The van der Waals surface area contributed by atoms with Gasteiger partial charge >= 0.3 is 5.97 Å². The summed E-state index contributed by atoms with van der Waals surface area (Å²) in [5.74, 6) is 1.39.